The molecular formula is C26H32. The molecule has 0 nitrogen and oxygen atoms in total. The Labute approximate surface area is 158 Å². The van der Waals surface area contributed by atoms with Gasteiger partial charge in [-0.25, -0.2) is 0 Å². The molecule has 1 aromatic rings. The predicted octanol–water partition coefficient (Wildman–Crippen LogP) is 5.57. The van der Waals surface area contributed by atoms with Gasteiger partial charge in [0, 0.05) is 0 Å². The highest BCUT2D eigenvalue weighted by Gasteiger charge is 2.28. The topological polar surface area (TPSA) is 0 Å². The van der Waals surface area contributed by atoms with Crippen LogP contribution in [0.4, 0.5) is 0 Å². The quantitative estimate of drug-likeness (QED) is 0.658. The van der Waals surface area contributed by atoms with Gasteiger partial charge in [-0.1, -0.05) is 69.4 Å². The molecule has 0 atom stereocenters. The van der Waals surface area contributed by atoms with Crippen LogP contribution in [0.3, 0.4) is 0 Å². The van der Waals surface area contributed by atoms with Crippen LogP contribution >= 0.6 is 0 Å². The first-order valence-corrected chi connectivity index (χ1v) is 11.1. The fourth-order valence-corrected chi connectivity index (χ4v) is 6.33. The summed E-state index contributed by atoms with van der Waals surface area (Å²) in [6, 6.07) is 0. The van der Waals surface area contributed by atoms with Crippen LogP contribution in [0.2, 0.25) is 0 Å². The lowest BCUT2D eigenvalue weighted by molar-refractivity contribution is 0.430. The number of rotatable bonds is 2. The van der Waals surface area contributed by atoms with Crippen molar-refractivity contribution >= 4 is 12.2 Å². The smallest absolute Gasteiger partial charge is 0.00848 e. The Bertz CT molecular complexity index is 801. The third-order valence-electron chi connectivity index (χ3n) is 7.46. The predicted molar refractivity (Wildman–Crippen MR) is 112 cm³/mol. The summed E-state index contributed by atoms with van der Waals surface area (Å²) in [7, 11) is 0. The highest BCUT2D eigenvalue weighted by atomic mass is 14.3. The SMILES string of the molecule is C=c1c(C2CCCCC2)c2c3c(c1C1CCCCC1)CC=CC=3C=CC2. The molecule has 0 heterocycles. The second kappa shape index (κ2) is 6.87. The van der Waals surface area contributed by atoms with Crippen molar-refractivity contribution in [2.24, 2.45) is 0 Å². The molecule has 0 bridgehead atoms. The molecule has 0 aliphatic heterocycles. The van der Waals surface area contributed by atoms with Crippen molar-refractivity contribution in [3.05, 3.63) is 57.0 Å². The molecule has 0 amide bonds. The second-order valence-electron chi connectivity index (χ2n) is 8.98. The molecular weight excluding hydrogens is 312 g/mol. The van der Waals surface area contributed by atoms with Gasteiger partial charge in [0.15, 0.2) is 0 Å². The Morgan fingerprint density at radius 3 is 1.58 bits per heavy atom. The van der Waals surface area contributed by atoms with E-state index in [9.17, 15) is 0 Å². The molecule has 26 heavy (non-hydrogen) atoms. The fraction of sp³-hybridized carbons (Fsp3) is 0.538. The minimum atomic E-state index is 0.762. The van der Waals surface area contributed by atoms with Crippen LogP contribution < -0.4 is 10.4 Å². The molecule has 0 radical (unpaired) electrons. The average molecular weight is 345 g/mol. The number of hydrogen-bond donors (Lipinski definition) is 0. The van der Waals surface area contributed by atoms with Crippen LogP contribution in [0, 0.1) is 0 Å². The monoisotopic (exact) mass is 344 g/mol. The molecule has 136 valence electrons. The van der Waals surface area contributed by atoms with Gasteiger partial charge in [-0.2, -0.15) is 0 Å². The molecule has 0 heteroatoms. The van der Waals surface area contributed by atoms with Gasteiger partial charge in [0.05, 0.1) is 0 Å². The zero-order valence-electron chi connectivity index (χ0n) is 16.2. The van der Waals surface area contributed by atoms with Crippen molar-refractivity contribution in [3.63, 3.8) is 0 Å². The zero-order valence-corrected chi connectivity index (χ0v) is 16.2. The highest BCUT2D eigenvalue weighted by Crippen LogP contribution is 2.38. The maximum absolute atomic E-state index is 4.78. The van der Waals surface area contributed by atoms with Gasteiger partial charge in [0.1, 0.15) is 0 Å². The van der Waals surface area contributed by atoms with Gasteiger partial charge in [-0.15, -0.1) is 0 Å². The van der Waals surface area contributed by atoms with Gasteiger partial charge < -0.3 is 0 Å². The lowest BCUT2D eigenvalue weighted by Gasteiger charge is -2.33. The Hall–Kier alpha value is -1.56. The molecule has 1 aromatic carbocycles. The van der Waals surface area contributed by atoms with Gasteiger partial charge in [0.25, 0.3) is 0 Å². The molecule has 2 fully saturated rings. The number of hydrogen-bond acceptors (Lipinski definition) is 0. The van der Waals surface area contributed by atoms with E-state index in [1.165, 1.54) is 75.0 Å². The summed E-state index contributed by atoms with van der Waals surface area (Å²) in [4.78, 5) is 0. The van der Waals surface area contributed by atoms with Crippen molar-refractivity contribution in [1.29, 1.82) is 0 Å². The van der Waals surface area contributed by atoms with Crippen molar-refractivity contribution in [2.75, 3.05) is 0 Å². The first-order chi connectivity index (χ1) is 12.8. The summed E-state index contributed by atoms with van der Waals surface area (Å²) in [5.41, 5.74) is 8.14. The lowest BCUT2D eigenvalue weighted by Crippen LogP contribution is -2.36. The zero-order chi connectivity index (χ0) is 17.5. The Morgan fingerprint density at radius 2 is 1.12 bits per heavy atom. The lowest BCUT2D eigenvalue weighted by atomic mass is 9.72. The fourth-order valence-electron chi connectivity index (χ4n) is 6.33. The van der Waals surface area contributed by atoms with Gasteiger partial charge in [0.2, 0.25) is 0 Å². The van der Waals surface area contributed by atoms with Crippen LogP contribution in [-0.2, 0) is 12.8 Å². The van der Waals surface area contributed by atoms with Crippen molar-refractivity contribution in [2.45, 2.75) is 88.9 Å². The summed E-state index contributed by atoms with van der Waals surface area (Å²) in [5, 5.41) is 3.09. The minimum absolute atomic E-state index is 0.762. The second-order valence-corrected chi connectivity index (χ2v) is 8.98. The van der Waals surface area contributed by atoms with Crippen molar-refractivity contribution < 1.29 is 0 Å². The Balaban J connectivity index is 1.78. The van der Waals surface area contributed by atoms with Crippen LogP contribution in [-0.4, -0.2) is 0 Å². The number of allylic oxidation sites excluding steroid dienone is 4. The molecule has 4 aliphatic carbocycles. The molecule has 0 spiro atoms. The number of benzene rings is 1. The standard InChI is InChI=1S/C26H32/c1-18-24(19-10-4-2-5-11-19)22-16-8-14-21-15-9-17-23(26(21)22)25(18)20-12-6-3-7-13-20/h8-9,14-15,19-20H,1-7,10-13,16-17H2. The largest absolute Gasteiger partial charge is 0.0912 e. The van der Waals surface area contributed by atoms with Crippen LogP contribution in [0.1, 0.15) is 98.3 Å². The average Bonchev–Trinajstić information content (AvgIpc) is 2.70. The van der Waals surface area contributed by atoms with E-state index in [2.05, 4.69) is 24.3 Å². The molecule has 0 N–H and O–H groups in total. The Morgan fingerprint density at radius 1 is 0.654 bits per heavy atom. The highest BCUT2D eigenvalue weighted by molar-refractivity contribution is 5.73. The van der Waals surface area contributed by atoms with E-state index >= 15 is 0 Å². The van der Waals surface area contributed by atoms with Crippen LogP contribution in [0.25, 0.3) is 12.2 Å². The molecule has 4 aliphatic rings. The van der Waals surface area contributed by atoms with Gasteiger partial charge >= 0.3 is 0 Å². The summed E-state index contributed by atoms with van der Waals surface area (Å²) in [5.74, 6) is 1.52. The maximum atomic E-state index is 4.78. The van der Waals surface area contributed by atoms with E-state index in [1.807, 2.05) is 0 Å². The molecule has 0 aromatic heterocycles. The van der Waals surface area contributed by atoms with Crippen molar-refractivity contribution in [1.82, 2.24) is 0 Å². The van der Waals surface area contributed by atoms with Gasteiger partial charge in [-0.3, -0.25) is 0 Å². The third-order valence-corrected chi connectivity index (χ3v) is 7.46. The normalized spacial score (nSPS) is 23.3. The van der Waals surface area contributed by atoms with E-state index in [-0.39, 0.29) is 0 Å². The van der Waals surface area contributed by atoms with Gasteiger partial charge in [-0.05, 0) is 88.6 Å². The first kappa shape index (κ1) is 16.6. The molecule has 5 rings (SSSR count). The van der Waals surface area contributed by atoms with E-state index in [0.29, 0.717) is 0 Å². The maximum Gasteiger partial charge on any atom is -0.00848 e. The third kappa shape index (κ3) is 2.65. The van der Waals surface area contributed by atoms with Crippen molar-refractivity contribution in [3.8, 4) is 0 Å². The van der Waals surface area contributed by atoms with E-state index in [4.69, 9.17) is 6.58 Å². The summed E-state index contributed by atoms with van der Waals surface area (Å²) in [6.45, 7) is 4.78. The van der Waals surface area contributed by atoms with E-state index < -0.39 is 0 Å². The summed E-state index contributed by atoms with van der Waals surface area (Å²) < 4.78 is 0. The Kier molecular flexibility index (Phi) is 4.39. The summed E-state index contributed by atoms with van der Waals surface area (Å²) >= 11 is 0. The van der Waals surface area contributed by atoms with E-state index in [1.54, 1.807) is 27.5 Å². The molecule has 0 saturated heterocycles. The van der Waals surface area contributed by atoms with Crippen LogP contribution in [0.5, 0.6) is 0 Å². The van der Waals surface area contributed by atoms with E-state index in [0.717, 1.165) is 24.7 Å². The molecule has 0 unspecified atom stereocenters. The summed E-state index contributed by atoms with van der Waals surface area (Å²) in [6.07, 6.45) is 25.8. The van der Waals surface area contributed by atoms with Crippen LogP contribution in [0.15, 0.2) is 24.3 Å². The first-order valence-electron chi connectivity index (χ1n) is 11.1. The minimum Gasteiger partial charge on any atom is -0.0912 e. The molecule has 2 saturated carbocycles.